The number of aromatic hydroxyl groups is 1. The summed E-state index contributed by atoms with van der Waals surface area (Å²) in [6, 6.07) is 3.34. The molecule has 0 heterocycles. The normalized spacial score (nSPS) is 15.1. The average Bonchev–Trinajstić information content (AvgIpc) is 2.20. The van der Waals surface area contributed by atoms with Crippen LogP contribution < -0.4 is 5.73 Å². The van der Waals surface area contributed by atoms with Gasteiger partial charge in [-0.25, -0.2) is 4.39 Å². The molecule has 78 valence electrons. The predicted octanol–water partition coefficient (Wildman–Crippen LogP) is 1.30. The number of phenols is 1. The van der Waals surface area contributed by atoms with E-state index in [1.54, 1.807) is 6.92 Å². The molecule has 3 nitrogen and oxygen atoms in total. The summed E-state index contributed by atoms with van der Waals surface area (Å²) in [5.74, 6) is -1.20. The minimum absolute atomic E-state index is 0.236. The molecule has 0 saturated heterocycles. The molecule has 1 aromatic rings. The van der Waals surface area contributed by atoms with Crippen LogP contribution in [0.1, 0.15) is 24.9 Å². The third-order valence-corrected chi connectivity index (χ3v) is 2.21. The maximum absolute atomic E-state index is 12.9. The van der Waals surface area contributed by atoms with E-state index in [9.17, 15) is 14.6 Å². The van der Waals surface area contributed by atoms with Gasteiger partial charge in [-0.05, 0) is 12.5 Å². The number of aliphatic hydroxyl groups is 1. The van der Waals surface area contributed by atoms with E-state index >= 15 is 0 Å². The van der Waals surface area contributed by atoms with Crippen LogP contribution in [0.25, 0.3) is 0 Å². The largest absolute Gasteiger partial charge is 0.505 e. The van der Waals surface area contributed by atoms with Gasteiger partial charge < -0.3 is 15.9 Å². The molecule has 0 radical (unpaired) electrons. The smallest absolute Gasteiger partial charge is 0.165 e. The van der Waals surface area contributed by atoms with Crippen molar-refractivity contribution in [2.45, 2.75) is 25.5 Å². The van der Waals surface area contributed by atoms with Gasteiger partial charge >= 0.3 is 0 Å². The summed E-state index contributed by atoms with van der Waals surface area (Å²) in [5, 5.41) is 18.8. The van der Waals surface area contributed by atoms with Gasteiger partial charge in [0, 0.05) is 5.56 Å². The van der Waals surface area contributed by atoms with Crippen molar-refractivity contribution in [2.75, 3.05) is 0 Å². The number of rotatable bonds is 3. The first-order valence-electron chi connectivity index (χ1n) is 4.49. The standard InChI is InChI=1S/C10H14FNO2/c1-2-8(13)9(12)6-4-3-5-7(11)10(6)14/h3-5,8-9,13-14H,2,12H2,1H3/t8-,9+/m1/s1. The van der Waals surface area contributed by atoms with Gasteiger partial charge in [-0.2, -0.15) is 0 Å². The molecule has 0 saturated carbocycles. The number of benzene rings is 1. The van der Waals surface area contributed by atoms with Gasteiger partial charge in [-0.15, -0.1) is 0 Å². The minimum atomic E-state index is -0.775. The molecule has 0 fully saturated rings. The third-order valence-electron chi connectivity index (χ3n) is 2.21. The molecule has 2 atom stereocenters. The Balaban J connectivity index is 3.01. The van der Waals surface area contributed by atoms with Crippen molar-refractivity contribution in [3.63, 3.8) is 0 Å². The summed E-state index contributed by atoms with van der Waals surface area (Å²) < 4.78 is 12.9. The van der Waals surface area contributed by atoms with Gasteiger partial charge in [0.1, 0.15) is 0 Å². The first kappa shape index (κ1) is 10.9. The van der Waals surface area contributed by atoms with E-state index in [-0.39, 0.29) is 5.56 Å². The SMILES string of the molecule is CC[C@@H](O)[C@@H](N)c1cccc(F)c1O. The summed E-state index contributed by atoms with van der Waals surface area (Å²) in [5.41, 5.74) is 5.88. The second-order valence-electron chi connectivity index (χ2n) is 3.18. The Morgan fingerprint density at radius 3 is 2.71 bits per heavy atom. The molecule has 0 amide bonds. The molecular formula is C10H14FNO2. The van der Waals surface area contributed by atoms with Crippen LogP contribution in [0.3, 0.4) is 0 Å². The molecule has 1 rings (SSSR count). The van der Waals surface area contributed by atoms with Crippen molar-refractivity contribution in [2.24, 2.45) is 5.73 Å². The van der Waals surface area contributed by atoms with Crippen LogP contribution in [0.4, 0.5) is 4.39 Å². The van der Waals surface area contributed by atoms with Crippen LogP contribution in [0.2, 0.25) is 0 Å². The van der Waals surface area contributed by atoms with E-state index in [4.69, 9.17) is 5.73 Å². The highest BCUT2D eigenvalue weighted by Gasteiger charge is 2.19. The summed E-state index contributed by atoms with van der Waals surface area (Å²) in [7, 11) is 0. The van der Waals surface area contributed by atoms with Crippen molar-refractivity contribution in [1.29, 1.82) is 0 Å². The molecule has 0 unspecified atom stereocenters. The van der Waals surface area contributed by atoms with Crippen molar-refractivity contribution in [3.8, 4) is 5.75 Å². The van der Waals surface area contributed by atoms with Crippen molar-refractivity contribution in [3.05, 3.63) is 29.6 Å². The van der Waals surface area contributed by atoms with Gasteiger partial charge in [0.05, 0.1) is 12.1 Å². The van der Waals surface area contributed by atoms with Gasteiger partial charge in [0.2, 0.25) is 0 Å². The van der Waals surface area contributed by atoms with E-state index in [0.29, 0.717) is 6.42 Å². The minimum Gasteiger partial charge on any atom is -0.505 e. The van der Waals surface area contributed by atoms with Gasteiger partial charge in [-0.1, -0.05) is 19.1 Å². The Morgan fingerprint density at radius 2 is 2.14 bits per heavy atom. The predicted molar refractivity (Wildman–Crippen MR) is 51.3 cm³/mol. The van der Waals surface area contributed by atoms with Crippen LogP contribution in [-0.4, -0.2) is 16.3 Å². The number of nitrogens with two attached hydrogens (primary N) is 1. The summed E-state index contributed by atoms with van der Waals surface area (Å²) in [6.45, 7) is 1.76. The van der Waals surface area contributed by atoms with Crippen molar-refractivity contribution >= 4 is 0 Å². The Labute approximate surface area is 82.0 Å². The second-order valence-corrected chi connectivity index (χ2v) is 3.18. The second kappa shape index (κ2) is 4.39. The molecule has 0 aliphatic carbocycles. The Hall–Kier alpha value is -1.13. The number of aliphatic hydroxyl groups excluding tert-OH is 1. The molecular weight excluding hydrogens is 185 g/mol. The summed E-state index contributed by atoms with van der Waals surface area (Å²) in [6.07, 6.45) is -0.320. The average molecular weight is 199 g/mol. The number of para-hydroxylation sites is 1. The van der Waals surface area contributed by atoms with Crippen LogP contribution in [-0.2, 0) is 0 Å². The summed E-state index contributed by atoms with van der Waals surface area (Å²) in [4.78, 5) is 0. The Morgan fingerprint density at radius 1 is 1.50 bits per heavy atom. The quantitative estimate of drug-likeness (QED) is 0.687. The molecule has 0 aliphatic rings. The number of phenolic OH excluding ortho intramolecular Hbond substituents is 1. The lowest BCUT2D eigenvalue weighted by Crippen LogP contribution is -2.25. The molecule has 4 heteroatoms. The first-order chi connectivity index (χ1) is 6.57. The lowest BCUT2D eigenvalue weighted by molar-refractivity contribution is 0.139. The topological polar surface area (TPSA) is 66.5 Å². The number of hydrogen-bond acceptors (Lipinski definition) is 3. The van der Waals surface area contributed by atoms with E-state index < -0.39 is 23.7 Å². The van der Waals surface area contributed by atoms with Crippen LogP contribution >= 0.6 is 0 Å². The van der Waals surface area contributed by atoms with E-state index in [1.807, 2.05) is 0 Å². The van der Waals surface area contributed by atoms with E-state index in [2.05, 4.69) is 0 Å². The van der Waals surface area contributed by atoms with E-state index in [1.165, 1.54) is 12.1 Å². The van der Waals surface area contributed by atoms with Gasteiger partial charge in [0.15, 0.2) is 11.6 Å². The molecule has 14 heavy (non-hydrogen) atoms. The zero-order valence-corrected chi connectivity index (χ0v) is 7.94. The zero-order valence-electron chi connectivity index (χ0n) is 7.94. The lowest BCUT2D eigenvalue weighted by Gasteiger charge is -2.18. The molecule has 0 aromatic heterocycles. The highest BCUT2D eigenvalue weighted by Crippen LogP contribution is 2.27. The fourth-order valence-corrected chi connectivity index (χ4v) is 1.26. The monoisotopic (exact) mass is 199 g/mol. The van der Waals surface area contributed by atoms with E-state index in [0.717, 1.165) is 6.07 Å². The fraction of sp³-hybridized carbons (Fsp3) is 0.400. The van der Waals surface area contributed by atoms with Crippen molar-refractivity contribution < 1.29 is 14.6 Å². The Bertz CT molecular complexity index is 317. The molecule has 0 spiro atoms. The molecule has 0 bridgehead atoms. The highest BCUT2D eigenvalue weighted by atomic mass is 19.1. The lowest BCUT2D eigenvalue weighted by atomic mass is 9.99. The van der Waals surface area contributed by atoms with Crippen LogP contribution in [0, 0.1) is 5.82 Å². The van der Waals surface area contributed by atoms with Crippen LogP contribution in [0.15, 0.2) is 18.2 Å². The van der Waals surface area contributed by atoms with Crippen molar-refractivity contribution in [1.82, 2.24) is 0 Å². The number of hydrogen-bond donors (Lipinski definition) is 3. The number of halogens is 1. The zero-order chi connectivity index (χ0) is 10.7. The highest BCUT2D eigenvalue weighted by molar-refractivity contribution is 5.36. The third kappa shape index (κ3) is 2.02. The molecule has 0 aliphatic heterocycles. The van der Waals surface area contributed by atoms with Crippen LogP contribution in [0.5, 0.6) is 5.75 Å². The van der Waals surface area contributed by atoms with Gasteiger partial charge in [0.25, 0.3) is 0 Å². The maximum Gasteiger partial charge on any atom is 0.165 e. The Kier molecular flexibility index (Phi) is 3.43. The first-order valence-corrected chi connectivity index (χ1v) is 4.49. The maximum atomic E-state index is 12.9. The summed E-state index contributed by atoms with van der Waals surface area (Å²) >= 11 is 0. The molecule has 4 N–H and O–H groups in total. The fourth-order valence-electron chi connectivity index (χ4n) is 1.26. The van der Waals surface area contributed by atoms with Gasteiger partial charge in [-0.3, -0.25) is 0 Å². The molecule has 1 aromatic carbocycles.